The largest absolute Gasteiger partial charge is 0.497 e. The van der Waals surface area contributed by atoms with E-state index in [4.69, 9.17) is 40.6 Å². The van der Waals surface area contributed by atoms with Gasteiger partial charge in [0.1, 0.15) is 31.1 Å². The predicted octanol–water partition coefficient (Wildman–Crippen LogP) is 11.1. The number of hydrogen-bond acceptors (Lipinski definition) is 9. The van der Waals surface area contributed by atoms with Gasteiger partial charge in [0.05, 0.1) is 40.1 Å². The van der Waals surface area contributed by atoms with Gasteiger partial charge in [0, 0.05) is 37.5 Å². The maximum atomic E-state index is 12.4. The summed E-state index contributed by atoms with van der Waals surface area (Å²) < 4.78 is 46.2. The van der Waals surface area contributed by atoms with E-state index in [2.05, 4.69) is 105 Å². The molecule has 2 fully saturated rings. The molecule has 1 heterocycles. The standard InChI is InChI=1S/C53H74BN2O8P/c1-8-34-62-65(56(38(2)3)39(4)5)64-49-35-51(54)63-50(49)37-61-53(42-25-29-44(58-6)30-26-42,43-27-31-45(59-7)32-28-43)41-23-21-40(22-24-41)18-14-10-9-13-17-33-55-52(57)60-36-48-46-19-15-11-12-16-20-47(46)48/h21-32,38-39,46-51H,8-10,13-20,33-37H2,1-7H3,(H,55,57)/t46-,47+,48?,49-,50-,51-,65?/m1/s1. The average Bonchev–Trinajstić information content (AvgIpc) is 3.81. The quantitative estimate of drug-likeness (QED) is 0.0278. The Morgan fingerprint density at radius 2 is 1.37 bits per heavy atom. The van der Waals surface area contributed by atoms with Crippen molar-refractivity contribution < 1.29 is 37.5 Å². The Morgan fingerprint density at radius 3 is 1.92 bits per heavy atom. The van der Waals surface area contributed by atoms with Crippen LogP contribution in [0.15, 0.2) is 72.8 Å². The topological polar surface area (TPSA) is 97.0 Å². The Bertz CT molecular complexity index is 1860. The molecule has 2 aliphatic carbocycles. The number of amides is 1. The van der Waals surface area contributed by atoms with Crippen molar-refractivity contribution in [2.24, 2.45) is 17.8 Å². The van der Waals surface area contributed by atoms with E-state index in [0.29, 0.717) is 43.9 Å². The zero-order chi connectivity index (χ0) is 46.2. The molecule has 1 aliphatic heterocycles. The predicted molar refractivity (Wildman–Crippen MR) is 260 cm³/mol. The molecule has 65 heavy (non-hydrogen) atoms. The van der Waals surface area contributed by atoms with Crippen LogP contribution in [0.4, 0.5) is 4.79 Å². The van der Waals surface area contributed by atoms with Gasteiger partial charge < -0.3 is 38.0 Å². The molecule has 1 saturated carbocycles. The lowest BCUT2D eigenvalue weighted by Crippen LogP contribution is -2.39. The highest BCUT2D eigenvalue weighted by atomic mass is 31.2. The van der Waals surface area contributed by atoms with E-state index in [1.54, 1.807) is 14.2 Å². The normalized spacial score (nSPS) is 22.1. The minimum absolute atomic E-state index is 0.215. The Hall–Kier alpha value is -3.62. The van der Waals surface area contributed by atoms with Gasteiger partial charge in [-0.15, -0.1) is 11.8 Å². The van der Waals surface area contributed by atoms with E-state index in [0.717, 1.165) is 98.8 Å². The molecule has 1 N–H and O–H groups in total. The van der Waals surface area contributed by atoms with Gasteiger partial charge in [0.25, 0.3) is 8.53 Å². The number of benzene rings is 3. The highest BCUT2D eigenvalue weighted by Crippen LogP contribution is 2.53. The second-order valence-electron chi connectivity index (χ2n) is 18.3. The summed E-state index contributed by atoms with van der Waals surface area (Å²) in [5.74, 6) is 9.89. The molecule has 1 amide bonds. The van der Waals surface area contributed by atoms with E-state index >= 15 is 0 Å². The third-order valence-corrected chi connectivity index (χ3v) is 15.2. The summed E-state index contributed by atoms with van der Waals surface area (Å²) in [4.78, 5) is 12.4. The Kier molecular flexibility index (Phi) is 19.9. The lowest BCUT2D eigenvalue weighted by molar-refractivity contribution is -0.0714. The van der Waals surface area contributed by atoms with Crippen molar-refractivity contribution >= 4 is 22.5 Å². The number of rotatable bonds is 26. The number of aryl methyl sites for hydroxylation is 1. The number of nitrogens with zero attached hydrogens (tertiary/aromatic N) is 1. The number of carbonyl (C=O) groups is 1. The molecule has 0 bridgehead atoms. The summed E-state index contributed by atoms with van der Waals surface area (Å²) >= 11 is 0. The number of carbonyl (C=O) groups excluding carboxylic acids is 1. The number of hydrogen-bond donors (Lipinski definition) is 1. The van der Waals surface area contributed by atoms with Gasteiger partial charge in [0.15, 0.2) is 0 Å². The fourth-order valence-corrected chi connectivity index (χ4v) is 11.5. The van der Waals surface area contributed by atoms with E-state index in [1.807, 2.05) is 24.3 Å². The maximum absolute atomic E-state index is 12.4. The van der Waals surface area contributed by atoms with Crippen LogP contribution >= 0.6 is 8.53 Å². The number of unbranched alkanes of at least 4 members (excludes halogenated alkanes) is 4. The fourth-order valence-electron chi connectivity index (χ4n) is 9.61. The minimum Gasteiger partial charge on any atom is -0.497 e. The molecule has 10 nitrogen and oxygen atoms in total. The van der Waals surface area contributed by atoms with Gasteiger partial charge in [-0.3, -0.25) is 0 Å². The molecule has 0 aromatic heterocycles. The molecule has 2 radical (unpaired) electrons. The zero-order valence-corrected chi connectivity index (χ0v) is 41.0. The molecular weight excluding hydrogens is 834 g/mol. The first-order chi connectivity index (χ1) is 31.6. The van der Waals surface area contributed by atoms with Crippen molar-refractivity contribution in [1.29, 1.82) is 0 Å². The van der Waals surface area contributed by atoms with Gasteiger partial charge >= 0.3 is 6.09 Å². The van der Waals surface area contributed by atoms with Crippen LogP contribution in [0.25, 0.3) is 0 Å². The number of ether oxygens (including phenoxy) is 5. The third-order valence-electron chi connectivity index (χ3n) is 13.1. The molecule has 352 valence electrons. The Labute approximate surface area is 392 Å². The van der Waals surface area contributed by atoms with Gasteiger partial charge in [-0.2, -0.15) is 0 Å². The van der Waals surface area contributed by atoms with Crippen LogP contribution in [0, 0.1) is 29.6 Å². The number of fused-ring (bicyclic) bond motifs is 1. The molecule has 12 heteroatoms. The van der Waals surface area contributed by atoms with Crippen molar-refractivity contribution in [1.82, 2.24) is 9.99 Å². The van der Waals surface area contributed by atoms with E-state index < -0.39 is 26.2 Å². The number of alkyl carbamates (subject to hydrolysis) is 1. The molecule has 7 atom stereocenters. The second-order valence-corrected chi connectivity index (χ2v) is 19.7. The summed E-state index contributed by atoms with van der Waals surface area (Å²) in [6.45, 7) is 12.8. The first-order valence-corrected chi connectivity index (χ1v) is 25.4. The van der Waals surface area contributed by atoms with Crippen LogP contribution in [0.1, 0.15) is 128 Å². The highest BCUT2D eigenvalue weighted by molar-refractivity contribution is 7.44. The van der Waals surface area contributed by atoms with Crippen molar-refractivity contribution in [3.63, 3.8) is 0 Å². The summed E-state index contributed by atoms with van der Waals surface area (Å²) in [7, 11) is 8.49. The van der Waals surface area contributed by atoms with E-state index in [1.165, 1.54) is 5.56 Å². The average molecular weight is 909 g/mol. The third kappa shape index (κ3) is 14.0. The van der Waals surface area contributed by atoms with Crippen LogP contribution in [-0.4, -0.2) is 89.5 Å². The molecule has 1 saturated heterocycles. The Balaban J connectivity index is 1.10. The molecule has 2 unspecified atom stereocenters. The van der Waals surface area contributed by atoms with Crippen LogP contribution in [0.5, 0.6) is 11.5 Å². The van der Waals surface area contributed by atoms with Gasteiger partial charge in [-0.25, -0.2) is 9.46 Å². The molecule has 3 aromatic rings. The molecule has 3 aliphatic rings. The van der Waals surface area contributed by atoms with Crippen LogP contribution in [0.2, 0.25) is 0 Å². The second kappa shape index (κ2) is 25.5. The molecule has 3 aromatic carbocycles. The summed E-state index contributed by atoms with van der Waals surface area (Å²) in [5.41, 5.74) is 3.11. The lowest BCUT2D eigenvalue weighted by atomic mass is 9.79. The number of nitrogens with one attached hydrogen (secondary N) is 1. The maximum Gasteiger partial charge on any atom is 0.407 e. The summed E-state index contributed by atoms with van der Waals surface area (Å²) in [5, 5.41) is 2.96. The van der Waals surface area contributed by atoms with Crippen molar-refractivity contribution in [2.75, 3.05) is 40.6 Å². The van der Waals surface area contributed by atoms with Crippen molar-refractivity contribution in [2.45, 2.75) is 148 Å². The monoisotopic (exact) mass is 909 g/mol. The van der Waals surface area contributed by atoms with E-state index in [-0.39, 0.29) is 30.9 Å². The molecular formula is C53H74BN2O8P. The van der Waals surface area contributed by atoms with Crippen LogP contribution in [-0.2, 0) is 35.3 Å². The first-order valence-electron chi connectivity index (χ1n) is 24.3. The van der Waals surface area contributed by atoms with Gasteiger partial charge in [0.2, 0.25) is 0 Å². The van der Waals surface area contributed by atoms with Crippen molar-refractivity contribution in [3.8, 4) is 23.3 Å². The molecule has 6 rings (SSSR count). The van der Waals surface area contributed by atoms with Gasteiger partial charge in [-0.1, -0.05) is 74.7 Å². The number of methoxy groups -OCH3 is 2. The lowest BCUT2D eigenvalue weighted by Gasteiger charge is -2.39. The summed E-state index contributed by atoms with van der Waals surface area (Å²) in [6, 6.07) is 25.0. The van der Waals surface area contributed by atoms with Crippen molar-refractivity contribution in [3.05, 3.63) is 95.1 Å². The highest BCUT2D eigenvalue weighted by Gasteiger charge is 2.49. The SMILES string of the molecule is [B][C@H]1C[C@@H](OP(OCCC)N(C(C)C)C(C)C)[C@@H](COC(c2ccc(CCCCCCCNC(=O)OCC3[C@H]4CCC#CCC[C@@H]34)cc2)(c2ccc(OC)cc2)c2ccc(OC)cc2)O1. The first kappa shape index (κ1) is 50.8. The van der Waals surface area contributed by atoms with Crippen LogP contribution < -0.4 is 14.8 Å². The fraction of sp³-hybridized carbons (Fsp3) is 0.604. The minimum atomic E-state index is -1.38. The Morgan fingerprint density at radius 1 is 0.815 bits per heavy atom. The summed E-state index contributed by atoms with van der Waals surface area (Å²) in [6.07, 6.45) is 10.9. The zero-order valence-electron chi connectivity index (χ0n) is 40.1. The smallest absolute Gasteiger partial charge is 0.407 e. The molecule has 0 spiro atoms. The van der Waals surface area contributed by atoms with E-state index in [9.17, 15) is 4.79 Å². The van der Waals surface area contributed by atoms with Crippen LogP contribution in [0.3, 0.4) is 0 Å². The van der Waals surface area contributed by atoms with Gasteiger partial charge in [-0.05, 0) is 137 Å².